The smallest absolute Gasteiger partial charge is 0.228 e. The van der Waals surface area contributed by atoms with E-state index in [-0.39, 0.29) is 11.8 Å². The molecule has 1 aliphatic carbocycles. The molecular formula is C20H21BrN2O. The highest BCUT2D eigenvalue weighted by Crippen LogP contribution is 2.31. The molecule has 1 atom stereocenters. The van der Waals surface area contributed by atoms with E-state index in [0.717, 1.165) is 36.0 Å². The molecular weight excluding hydrogens is 364 g/mol. The van der Waals surface area contributed by atoms with Crippen molar-refractivity contribution in [2.24, 2.45) is 5.92 Å². The molecule has 0 saturated carbocycles. The number of carbonyl (C=O) groups excluding carboxylic acids is 1. The molecule has 4 heteroatoms. The number of hydrogen-bond donors (Lipinski definition) is 1. The van der Waals surface area contributed by atoms with Gasteiger partial charge in [-0.3, -0.25) is 4.79 Å². The number of carbonyl (C=O) groups is 1. The van der Waals surface area contributed by atoms with E-state index in [4.69, 9.17) is 0 Å². The SMILES string of the molecule is CN1CCCc2cc(NC(=O)C3Cc4ccc(Br)cc4C3)ccc21. The van der Waals surface area contributed by atoms with E-state index in [1.54, 1.807) is 0 Å². The number of rotatable bonds is 2. The van der Waals surface area contributed by atoms with Crippen molar-refractivity contribution in [2.45, 2.75) is 25.7 Å². The number of benzene rings is 2. The molecule has 2 aromatic rings. The molecule has 0 radical (unpaired) electrons. The molecule has 124 valence electrons. The van der Waals surface area contributed by atoms with Crippen molar-refractivity contribution in [3.63, 3.8) is 0 Å². The molecule has 0 bridgehead atoms. The summed E-state index contributed by atoms with van der Waals surface area (Å²) in [4.78, 5) is 15.0. The van der Waals surface area contributed by atoms with Crippen molar-refractivity contribution in [3.8, 4) is 0 Å². The van der Waals surface area contributed by atoms with Crippen LogP contribution in [0, 0.1) is 5.92 Å². The summed E-state index contributed by atoms with van der Waals surface area (Å²) in [5.41, 5.74) is 6.13. The van der Waals surface area contributed by atoms with Crippen LogP contribution >= 0.6 is 15.9 Å². The number of aryl methyl sites for hydroxylation is 1. The highest BCUT2D eigenvalue weighted by Gasteiger charge is 2.27. The number of amides is 1. The van der Waals surface area contributed by atoms with Crippen LogP contribution in [0.5, 0.6) is 0 Å². The molecule has 2 aromatic carbocycles. The summed E-state index contributed by atoms with van der Waals surface area (Å²) in [5, 5.41) is 3.13. The summed E-state index contributed by atoms with van der Waals surface area (Å²) in [7, 11) is 2.13. The molecule has 0 fully saturated rings. The summed E-state index contributed by atoms with van der Waals surface area (Å²) >= 11 is 3.51. The molecule has 1 unspecified atom stereocenters. The Morgan fingerprint density at radius 2 is 1.96 bits per heavy atom. The maximum atomic E-state index is 12.7. The molecule has 0 spiro atoms. The second-order valence-corrected chi connectivity index (χ2v) is 7.79. The second-order valence-electron chi connectivity index (χ2n) is 6.88. The van der Waals surface area contributed by atoms with Gasteiger partial charge in [-0.25, -0.2) is 0 Å². The Hall–Kier alpha value is -1.81. The standard InChI is InChI=1S/C20H21BrN2O/c1-23-8-2-3-14-12-18(6-7-19(14)23)22-20(24)16-9-13-4-5-17(21)11-15(13)10-16/h4-7,11-12,16H,2-3,8-10H2,1H3,(H,22,24). The fourth-order valence-corrected chi connectivity index (χ4v) is 4.29. The van der Waals surface area contributed by atoms with Gasteiger partial charge in [-0.05, 0) is 72.7 Å². The molecule has 1 heterocycles. The number of halogens is 1. The van der Waals surface area contributed by atoms with Crippen LogP contribution in [-0.4, -0.2) is 19.5 Å². The highest BCUT2D eigenvalue weighted by atomic mass is 79.9. The first-order valence-electron chi connectivity index (χ1n) is 8.52. The van der Waals surface area contributed by atoms with Crippen LogP contribution < -0.4 is 10.2 Å². The van der Waals surface area contributed by atoms with Gasteiger partial charge in [0.05, 0.1) is 0 Å². The molecule has 0 saturated heterocycles. The minimum absolute atomic E-state index is 0.0352. The van der Waals surface area contributed by atoms with Crippen LogP contribution in [0.25, 0.3) is 0 Å². The molecule has 4 rings (SSSR count). The summed E-state index contributed by atoms with van der Waals surface area (Å²) < 4.78 is 1.08. The Morgan fingerprint density at radius 1 is 1.12 bits per heavy atom. The van der Waals surface area contributed by atoms with Crippen molar-refractivity contribution in [1.82, 2.24) is 0 Å². The van der Waals surface area contributed by atoms with Crippen molar-refractivity contribution in [3.05, 3.63) is 57.6 Å². The van der Waals surface area contributed by atoms with E-state index >= 15 is 0 Å². The zero-order valence-corrected chi connectivity index (χ0v) is 15.4. The fourth-order valence-electron chi connectivity index (χ4n) is 3.88. The summed E-state index contributed by atoms with van der Waals surface area (Å²) in [5.74, 6) is 0.166. The van der Waals surface area contributed by atoms with Crippen LogP contribution in [0.4, 0.5) is 11.4 Å². The van der Waals surface area contributed by atoms with Crippen molar-refractivity contribution in [1.29, 1.82) is 0 Å². The lowest BCUT2D eigenvalue weighted by molar-refractivity contribution is -0.119. The third-order valence-electron chi connectivity index (χ3n) is 5.17. The molecule has 0 aromatic heterocycles. The first kappa shape index (κ1) is 15.7. The summed E-state index contributed by atoms with van der Waals surface area (Å²) in [6.07, 6.45) is 3.93. The van der Waals surface area contributed by atoms with Gasteiger partial charge in [0, 0.05) is 35.4 Å². The zero-order chi connectivity index (χ0) is 16.7. The minimum atomic E-state index is 0.0352. The maximum Gasteiger partial charge on any atom is 0.228 e. The largest absolute Gasteiger partial charge is 0.374 e. The lowest BCUT2D eigenvalue weighted by Crippen LogP contribution is -2.26. The van der Waals surface area contributed by atoms with Gasteiger partial charge in [-0.2, -0.15) is 0 Å². The Bertz CT molecular complexity index is 802. The minimum Gasteiger partial charge on any atom is -0.374 e. The van der Waals surface area contributed by atoms with Crippen LogP contribution in [-0.2, 0) is 24.1 Å². The zero-order valence-electron chi connectivity index (χ0n) is 13.8. The average Bonchev–Trinajstić information content (AvgIpc) is 2.98. The summed E-state index contributed by atoms with van der Waals surface area (Å²) in [6, 6.07) is 12.6. The van der Waals surface area contributed by atoms with E-state index in [9.17, 15) is 4.79 Å². The van der Waals surface area contributed by atoms with Gasteiger partial charge in [-0.15, -0.1) is 0 Å². The van der Waals surface area contributed by atoms with E-state index in [2.05, 4.69) is 63.5 Å². The predicted molar refractivity (Wildman–Crippen MR) is 102 cm³/mol. The molecule has 1 N–H and O–H groups in total. The first-order valence-corrected chi connectivity index (χ1v) is 9.32. The first-order chi connectivity index (χ1) is 11.6. The van der Waals surface area contributed by atoms with E-state index in [0.29, 0.717) is 0 Å². The fraction of sp³-hybridized carbons (Fsp3) is 0.350. The lowest BCUT2D eigenvalue weighted by Gasteiger charge is -2.28. The van der Waals surface area contributed by atoms with E-state index in [1.807, 2.05) is 6.07 Å². The summed E-state index contributed by atoms with van der Waals surface area (Å²) in [6.45, 7) is 1.11. The average molecular weight is 385 g/mol. The van der Waals surface area contributed by atoms with Crippen LogP contribution in [0.2, 0.25) is 0 Å². The molecule has 1 amide bonds. The predicted octanol–water partition coefficient (Wildman–Crippen LogP) is 4.19. The highest BCUT2D eigenvalue weighted by molar-refractivity contribution is 9.10. The number of nitrogens with one attached hydrogen (secondary N) is 1. The third-order valence-corrected chi connectivity index (χ3v) is 5.66. The maximum absolute atomic E-state index is 12.7. The van der Waals surface area contributed by atoms with Crippen LogP contribution in [0.1, 0.15) is 23.1 Å². The Balaban J connectivity index is 1.47. The van der Waals surface area contributed by atoms with Gasteiger partial charge < -0.3 is 10.2 Å². The number of hydrogen-bond acceptors (Lipinski definition) is 2. The quantitative estimate of drug-likeness (QED) is 0.841. The molecule has 3 nitrogen and oxygen atoms in total. The molecule has 24 heavy (non-hydrogen) atoms. The van der Waals surface area contributed by atoms with Gasteiger partial charge in [0.2, 0.25) is 5.91 Å². The van der Waals surface area contributed by atoms with Gasteiger partial charge in [0.25, 0.3) is 0 Å². The van der Waals surface area contributed by atoms with Crippen LogP contribution in [0.3, 0.4) is 0 Å². The Labute approximate surface area is 151 Å². The van der Waals surface area contributed by atoms with Gasteiger partial charge in [0.15, 0.2) is 0 Å². The van der Waals surface area contributed by atoms with Crippen molar-refractivity contribution in [2.75, 3.05) is 23.8 Å². The topological polar surface area (TPSA) is 32.3 Å². The van der Waals surface area contributed by atoms with E-state index in [1.165, 1.54) is 28.8 Å². The second kappa shape index (κ2) is 6.25. The van der Waals surface area contributed by atoms with Gasteiger partial charge in [0.1, 0.15) is 0 Å². The Kier molecular flexibility index (Phi) is 4.09. The van der Waals surface area contributed by atoms with E-state index < -0.39 is 0 Å². The van der Waals surface area contributed by atoms with Crippen molar-refractivity contribution >= 4 is 33.2 Å². The monoisotopic (exact) mass is 384 g/mol. The number of anilines is 2. The third kappa shape index (κ3) is 2.95. The number of nitrogens with zero attached hydrogens (tertiary/aromatic N) is 1. The van der Waals surface area contributed by atoms with Crippen LogP contribution in [0.15, 0.2) is 40.9 Å². The number of fused-ring (bicyclic) bond motifs is 2. The molecule has 2 aliphatic rings. The Morgan fingerprint density at radius 3 is 2.83 bits per heavy atom. The molecule has 1 aliphatic heterocycles. The normalized spacial score (nSPS) is 18.9. The van der Waals surface area contributed by atoms with Gasteiger partial charge >= 0.3 is 0 Å². The lowest BCUT2D eigenvalue weighted by atomic mass is 10.0. The van der Waals surface area contributed by atoms with Gasteiger partial charge in [-0.1, -0.05) is 22.0 Å². The van der Waals surface area contributed by atoms with Crippen molar-refractivity contribution < 1.29 is 4.79 Å².